The van der Waals surface area contributed by atoms with Gasteiger partial charge in [-0.05, 0) is 0 Å². The van der Waals surface area contributed by atoms with Crippen LogP contribution in [0.3, 0.4) is 0 Å². The maximum absolute atomic E-state index is 12.0. The number of carbonyl (C=O) groups is 3. The van der Waals surface area contributed by atoms with E-state index in [1.165, 1.54) is 0 Å². The van der Waals surface area contributed by atoms with Gasteiger partial charge in [0.1, 0.15) is 0 Å². The molecule has 1 saturated heterocycles. The summed E-state index contributed by atoms with van der Waals surface area (Å²) in [6.07, 6.45) is 0.423. The van der Waals surface area contributed by atoms with Crippen LogP contribution in [0.15, 0.2) is 0 Å². The van der Waals surface area contributed by atoms with Gasteiger partial charge < -0.3 is 25.1 Å². The van der Waals surface area contributed by atoms with Crippen molar-refractivity contribution < 1.29 is 24.0 Å². The lowest BCUT2D eigenvalue weighted by atomic mass is 10.2. The fourth-order valence-corrected chi connectivity index (χ4v) is 2.39. The Morgan fingerprint density at radius 1 is 0.963 bits per heavy atom. The fourth-order valence-electron chi connectivity index (χ4n) is 2.39. The van der Waals surface area contributed by atoms with Crippen molar-refractivity contribution in [3.8, 4) is 0 Å². The Morgan fingerprint density at radius 3 is 2.22 bits per heavy atom. The molecule has 0 bridgehead atoms. The van der Waals surface area contributed by atoms with Gasteiger partial charge in [0.05, 0.1) is 26.4 Å². The van der Waals surface area contributed by atoms with E-state index in [1.54, 1.807) is 11.9 Å². The Labute approximate surface area is 161 Å². The van der Waals surface area contributed by atoms with Crippen LogP contribution >= 0.6 is 0 Å². The molecule has 1 rings (SSSR count). The van der Waals surface area contributed by atoms with Crippen molar-refractivity contribution in [2.75, 3.05) is 66.1 Å². The molecule has 27 heavy (non-hydrogen) atoms. The third-order valence-electron chi connectivity index (χ3n) is 3.85. The molecule has 0 aromatic carbocycles. The summed E-state index contributed by atoms with van der Waals surface area (Å²) in [5.74, 6) is 4.63. The maximum Gasteiger partial charge on any atom is 0.234 e. The van der Waals surface area contributed by atoms with E-state index in [1.807, 2.05) is 18.7 Å². The molecule has 0 spiro atoms. The Balaban J connectivity index is 0.00000326. The van der Waals surface area contributed by atoms with Crippen LogP contribution < -0.4 is 16.5 Å². The molecule has 1 aliphatic rings. The van der Waals surface area contributed by atoms with Crippen molar-refractivity contribution >= 4 is 17.7 Å². The summed E-state index contributed by atoms with van der Waals surface area (Å²) < 4.78 is 5.20. The molecule has 0 aromatic rings. The van der Waals surface area contributed by atoms with Gasteiger partial charge in [-0.3, -0.25) is 19.3 Å². The molecule has 1 fully saturated rings. The number of amides is 3. The summed E-state index contributed by atoms with van der Waals surface area (Å²) in [4.78, 5) is 43.1. The minimum Gasteiger partial charge on any atom is -0.377 e. The predicted octanol–water partition coefficient (Wildman–Crippen LogP) is -1.29. The average molecular weight is 389 g/mol. The molecule has 0 aliphatic carbocycles. The summed E-state index contributed by atoms with van der Waals surface area (Å²) in [5.41, 5.74) is 0. The number of rotatable bonds is 11. The molecule has 3 amide bonds. The van der Waals surface area contributed by atoms with Crippen LogP contribution in [0.1, 0.15) is 26.7 Å². The standard InChI is InChI=1S/C15H29N5O5.C2H6/c1-17-13(21)2-3-15(23)20-7-5-19(6-8-20)12-14(22)18-4-9-24-10-11-25-16;1-2/h2-12,16H2,1H3,(H,17,21)(H,18,22);1-2H3. The van der Waals surface area contributed by atoms with Crippen LogP contribution in [-0.4, -0.2) is 93.7 Å². The monoisotopic (exact) mass is 389 g/mol. The SMILES string of the molecule is CC.CNC(=O)CCC(=O)N1CCN(CC(=O)NCCOCCON)CC1. The van der Waals surface area contributed by atoms with Crippen molar-refractivity contribution in [3.05, 3.63) is 0 Å². The lowest BCUT2D eigenvalue weighted by molar-refractivity contribution is -0.135. The molecule has 4 N–H and O–H groups in total. The molecule has 0 unspecified atom stereocenters. The van der Waals surface area contributed by atoms with E-state index < -0.39 is 0 Å². The van der Waals surface area contributed by atoms with Crippen LogP contribution in [0.5, 0.6) is 0 Å². The van der Waals surface area contributed by atoms with Gasteiger partial charge in [-0.25, -0.2) is 5.90 Å². The quantitative estimate of drug-likeness (QED) is 0.296. The first kappa shape index (κ1) is 25.2. The first-order valence-corrected chi connectivity index (χ1v) is 9.43. The highest BCUT2D eigenvalue weighted by molar-refractivity contribution is 5.83. The minimum atomic E-state index is -0.136. The van der Waals surface area contributed by atoms with E-state index in [0.717, 1.165) is 0 Å². The second kappa shape index (κ2) is 16.4. The zero-order valence-electron chi connectivity index (χ0n) is 16.8. The van der Waals surface area contributed by atoms with Crippen molar-refractivity contribution in [3.63, 3.8) is 0 Å². The van der Waals surface area contributed by atoms with Gasteiger partial charge in [0, 0.05) is 52.6 Å². The molecule has 0 aromatic heterocycles. The van der Waals surface area contributed by atoms with E-state index >= 15 is 0 Å². The molecular formula is C17H35N5O5. The Kier molecular flexibility index (Phi) is 15.4. The predicted molar refractivity (Wildman–Crippen MR) is 102 cm³/mol. The lowest BCUT2D eigenvalue weighted by Crippen LogP contribution is -2.51. The van der Waals surface area contributed by atoms with Crippen molar-refractivity contribution in [1.82, 2.24) is 20.4 Å². The number of nitrogens with two attached hydrogens (primary N) is 1. The second-order valence-corrected chi connectivity index (χ2v) is 5.66. The van der Waals surface area contributed by atoms with Gasteiger partial charge >= 0.3 is 0 Å². The summed E-state index contributed by atoms with van der Waals surface area (Å²) in [7, 11) is 1.55. The number of hydrogen-bond donors (Lipinski definition) is 3. The van der Waals surface area contributed by atoms with Crippen molar-refractivity contribution in [1.29, 1.82) is 0 Å². The van der Waals surface area contributed by atoms with Crippen LogP contribution in [0.4, 0.5) is 0 Å². The fraction of sp³-hybridized carbons (Fsp3) is 0.824. The van der Waals surface area contributed by atoms with E-state index in [9.17, 15) is 14.4 Å². The summed E-state index contributed by atoms with van der Waals surface area (Å²) in [5, 5.41) is 5.28. The molecule has 1 aliphatic heterocycles. The minimum absolute atomic E-state index is 0.0219. The number of piperazine rings is 1. The number of nitrogens with zero attached hydrogens (tertiary/aromatic N) is 2. The van der Waals surface area contributed by atoms with E-state index in [2.05, 4.69) is 15.5 Å². The van der Waals surface area contributed by atoms with Gasteiger partial charge in [-0.2, -0.15) is 0 Å². The Hall–Kier alpha value is -1.75. The molecular weight excluding hydrogens is 354 g/mol. The number of nitrogens with one attached hydrogen (secondary N) is 2. The number of hydrogen-bond acceptors (Lipinski definition) is 7. The zero-order valence-corrected chi connectivity index (χ0v) is 16.8. The van der Waals surface area contributed by atoms with Gasteiger partial charge in [0.25, 0.3) is 0 Å². The van der Waals surface area contributed by atoms with E-state index in [0.29, 0.717) is 59.1 Å². The molecule has 158 valence electrons. The third-order valence-corrected chi connectivity index (χ3v) is 3.85. The van der Waals surface area contributed by atoms with Gasteiger partial charge in [0.15, 0.2) is 0 Å². The summed E-state index contributed by atoms with van der Waals surface area (Å²) in [6, 6.07) is 0. The smallest absolute Gasteiger partial charge is 0.234 e. The first-order chi connectivity index (χ1) is 13.1. The van der Waals surface area contributed by atoms with Crippen LogP contribution in [-0.2, 0) is 24.0 Å². The largest absolute Gasteiger partial charge is 0.377 e. The highest BCUT2D eigenvalue weighted by Crippen LogP contribution is 2.05. The van der Waals surface area contributed by atoms with Gasteiger partial charge in [0.2, 0.25) is 17.7 Å². The van der Waals surface area contributed by atoms with Gasteiger partial charge in [-0.1, -0.05) is 13.8 Å². The van der Waals surface area contributed by atoms with E-state index in [4.69, 9.17) is 10.6 Å². The third kappa shape index (κ3) is 12.3. The van der Waals surface area contributed by atoms with Crippen molar-refractivity contribution in [2.45, 2.75) is 26.7 Å². The highest BCUT2D eigenvalue weighted by Gasteiger charge is 2.22. The Bertz CT molecular complexity index is 428. The van der Waals surface area contributed by atoms with Crippen LogP contribution in [0.2, 0.25) is 0 Å². The van der Waals surface area contributed by atoms with Crippen molar-refractivity contribution in [2.24, 2.45) is 5.90 Å². The number of ether oxygens (including phenoxy) is 1. The van der Waals surface area contributed by atoms with Gasteiger partial charge in [-0.15, -0.1) is 0 Å². The topological polar surface area (TPSA) is 126 Å². The Morgan fingerprint density at radius 2 is 1.63 bits per heavy atom. The maximum atomic E-state index is 12.0. The summed E-state index contributed by atoms with van der Waals surface area (Å²) in [6.45, 7) is 8.27. The van der Waals surface area contributed by atoms with Crippen LogP contribution in [0.25, 0.3) is 0 Å². The molecule has 0 atom stereocenters. The molecule has 0 saturated carbocycles. The number of carbonyl (C=O) groups excluding carboxylic acids is 3. The zero-order chi connectivity index (χ0) is 20.5. The first-order valence-electron chi connectivity index (χ1n) is 9.43. The molecule has 1 heterocycles. The normalized spacial score (nSPS) is 14.1. The average Bonchev–Trinajstić information content (AvgIpc) is 2.70. The molecule has 10 nitrogen and oxygen atoms in total. The lowest BCUT2D eigenvalue weighted by Gasteiger charge is -2.34. The highest BCUT2D eigenvalue weighted by atomic mass is 16.6. The molecule has 10 heteroatoms. The molecule has 0 radical (unpaired) electrons. The second-order valence-electron chi connectivity index (χ2n) is 5.66. The summed E-state index contributed by atoms with van der Waals surface area (Å²) >= 11 is 0. The van der Waals surface area contributed by atoms with Crippen LogP contribution in [0, 0.1) is 0 Å². The van der Waals surface area contributed by atoms with E-state index in [-0.39, 0.29) is 30.6 Å².